The standard InChI is InChI=1S/C12H23NO5S/c1-3-5-6-8-19(17,18)10-11(14)13(7-4-2)9-12(15)16/h3-10H2,1-2H3,(H,15,16). The quantitative estimate of drug-likeness (QED) is 0.605. The van der Waals surface area contributed by atoms with Gasteiger partial charge in [0, 0.05) is 6.54 Å². The number of hydrogen-bond donors (Lipinski definition) is 1. The van der Waals surface area contributed by atoms with Crippen molar-refractivity contribution in [2.75, 3.05) is 24.6 Å². The van der Waals surface area contributed by atoms with E-state index in [0.717, 1.165) is 17.7 Å². The number of nitrogens with zero attached hydrogens (tertiary/aromatic N) is 1. The molecule has 112 valence electrons. The van der Waals surface area contributed by atoms with Crippen molar-refractivity contribution in [2.45, 2.75) is 39.5 Å². The molecule has 0 aliphatic carbocycles. The summed E-state index contributed by atoms with van der Waals surface area (Å²) in [6.45, 7) is 3.58. The predicted molar refractivity (Wildman–Crippen MR) is 72.7 cm³/mol. The highest BCUT2D eigenvalue weighted by Gasteiger charge is 2.22. The lowest BCUT2D eigenvalue weighted by Crippen LogP contribution is -2.40. The van der Waals surface area contributed by atoms with E-state index in [1.54, 1.807) is 6.92 Å². The van der Waals surface area contributed by atoms with Gasteiger partial charge in [0.25, 0.3) is 0 Å². The second kappa shape index (κ2) is 8.90. The van der Waals surface area contributed by atoms with E-state index >= 15 is 0 Å². The summed E-state index contributed by atoms with van der Waals surface area (Å²) < 4.78 is 23.4. The van der Waals surface area contributed by atoms with E-state index < -0.39 is 34.0 Å². The van der Waals surface area contributed by atoms with Gasteiger partial charge >= 0.3 is 5.97 Å². The lowest BCUT2D eigenvalue weighted by Gasteiger charge is -2.19. The molecule has 0 bridgehead atoms. The van der Waals surface area contributed by atoms with Gasteiger partial charge in [-0.15, -0.1) is 0 Å². The predicted octanol–water partition coefficient (Wildman–Crippen LogP) is 0.915. The largest absolute Gasteiger partial charge is 0.480 e. The second-order valence-electron chi connectivity index (χ2n) is 4.51. The number of carboxylic acid groups (broad SMARTS) is 1. The highest BCUT2D eigenvalue weighted by Crippen LogP contribution is 2.03. The molecule has 0 heterocycles. The normalized spacial score (nSPS) is 11.3. The van der Waals surface area contributed by atoms with Crippen LogP contribution in [0.25, 0.3) is 0 Å². The first-order valence-electron chi connectivity index (χ1n) is 6.52. The van der Waals surface area contributed by atoms with Crippen LogP contribution in [0.2, 0.25) is 0 Å². The van der Waals surface area contributed by atoms with Crippen molar-refractivity contribution in [2.24, 2.45) is 0 Å². The van der Waals surface area contributed by atoms with E-state index in [4.69, 9.17) is 5.11 Å². The highest BCUT2D eigenvalue weighted by atomic mass is 32.2. The van der Waals surface area contributed by atoms with E-state index in [-0.39, 0.29) is 12.3 Å². The molecule has 0 aliphatic heterocycles. The third kappa shape index (κ3) is 8.58. The fraction of sp³-hybridized carbons (Fsp3) is 0.833. The summed E-state index contributed by atoms with van der Waals surface area (Å²) in [6.07, 6.45) is 2.85. The maximum atomic E-state index is 11.8. The van der Waals surface area contributed by atoms with Gasteiger partial charge in [-0.3, -0.25) is 9.59 Å². The molecule has 0 atom stereocenters. The number of rotatable bonds is 10. The number of carboxylic acids is 1. The molecule has 0 unspecified atom stereocenters. The van der Waals surface area contributed by atoms with Gasteiger partial charge in [0.2, 0.25) is 5.91 Å². The van der Waals surface area contributed by atoms with Gasteiger partial charge in [-0.1, -0.05) is 26.7 Å². The number of hydrogen-bond acceptors (Lipinski definition) is 4. The maximum absolute atomic E-state index is 11.8. The van der Waals surface area contributed by atoms with Crippen LogP contribution >= 0.6 is 0 Å². The molecule has 0 aliphatic rings. The van der Waals surface area contributed by atoms with Gasteiger partial charge in [0.05, 0.1) is 5.75 Å². The third-order valence-corrected chi connectivity index (χ3v) is 4.17. The Morgan fingerprint density at radius 1 is 1.11 bits per heavy atom. The molecule has 19 heavy (non-hydrogen) atoms. The molecule has 0 saturated carbocycles. The number of amides is 1. The molecule has 0 fully saturated rings. The van der Waals surface area contributed by atoms with E-state index in [1.807, 2.05) is 6.92 Å². The van der Waals surface area contributed by atoms with Crippen LogP contribution in [-0.2, 0) is 19.4 Å². The summed E-state index contributed by atoms with van der Waals surface area (Å²) in [5, 5.41) is 8.69. The van der Waals surface area contributed by atoms with E-state index in [9.17, 15) is 18.0 Å². The molecule has 0 spiro atoms. The Kier molecular flexibility index (Phi) is 8.38. The van der Waals surface area contributed by atoms with Crippen LogP contribution in [0.4, 0.5) is 0 Å². The third-order valence-electron chi connectivity index (χ3n) is 2.57. The Bertz CT molecular complexity index is 391. The van der Waals surface area contributed by atoms with E-state index in [1.165, 1.54) is 0 Å². The Hall–Kier alpha value is -1.11. The van der Waals surface area contributed by atoms with E-state index in [0.29, 0.717) is 12.8 Å². The zero-order valence-corrected chi connectivity index (χ0v) is 12.4. The molecule has 6 nitrogen and oxygen atoms in total. The number of carbonyl (C=O) groups is 2. The Morgan fingerprint density at radius 3 is 2.21 bits per heavy atom. The summed E-state index contributed by atoms with van der Waals surface area (Å²) in [4.78, 5) is 23.5. The zero-order chi connectivity index (χ0) is 14.9. The van der Waals surface area contributed by atoms with Crippen LogP contribution in [0.3, 0.4) is 0 Å². The summed E-state index contributed by atoms with van der Waals surface area (Å²) in [7, 11) is -3.44. The van der Waals surface area contributed by atoms with Crippen LogP contribution in [0, 0.1) is 0 Å². The first-order chi connectivity index (χ1) is 8.82. The Labute approximate surface area is 114 Å². The monoisotopic (exact) mass is 293 g/mol. The van der Waals surface area contributed by atoms with Crippen molar-refractivity contribution in [3.05, 3.63) is 0 Å². The van der Waals surface area contributed by atoms with Crippen molar-refractivity contribution in [3.63, 3.8) is 0 Å². The summed E-state index contributed by atoms with van der Waals surface area (Å²) in [5.41, 5.74) is 0. The van der Waals surface area contributed by atoms with Crippen molar-refractivity contribution < 1.29 is 23.1 Å². The van der Waals surface area contributed by atoms with Gasteiger partial charge in [0.15, 0.2) is 9.84 Å². The van der Waals surface area contributed by atoms with Crippen LogP contribution in [-0.4, -0.2) is 54.9 Å². The molecular formula is C12H23NO5S. The van der Waals surface area contributed by atoms with Gasteiger partial charge in [-0.2, -0.15) is 0 Å². The summed E-state index contributed by atoms with van der Waals surface area (Å²) in [5.74, 6) is -2.37. The van der Waals surface area contributed by atoms with Gasteiger partial charge in [-0.05, 0) is 12.8 Å². The fourth-order valence-corrected chi connectivity index (χ4v) is 3.00. The zero-order valence-electron chi connectivity index (χ0n) is 11.6. The number of unbranched alkanes of at least 4 members (excludes halogenated alkanes) is 2. The van der Waals surface area contributed by atoms with Crippen molar-refractivity contribution in [1.82, 2.24) is 4.90 Å². The average Bonchev–Trinajstić information content (AvgIpc) is 2.27. The molecule has 0 aromatic carbocycles. The van der Waals surface area contributed by atoms with Crippen LogP contribution in [0.1, 0.15) is 39.5 Å². The molecule has 0 aromatic rings. The van der Waals surface area contributed by atoms with Gasteiger partial charge < -0.3 is 10.0 Å². The molecule has 0 aromatic heterocycles. The molecule has 0 rings (SSSR count). The number of sulfone groups is 1. The van der Waals surface area contributed by atoms with Crippen molar-refractivity contribution in [1.29, 1.82) is 0 Å². The molecule has 0 saturated heterocycles. The lowest BCUT2D eigenvalue weighted by molar-refractivity contribution is -0.143. The number of carbonyl (C=O) groups excluding carboxylic acids is 1. The van der Waals surface area contributed by atoms with Crippen molar-refractivity contribution >= 4 is 21.7 Å². The highest BCUT2D eigenvalue weighted by molar-refractivity contribution is 7.92. The SMILES string of the molecule is CCCCCS(=O)(=O)CC(=O)N(CCC)CC(=O)O. The minimum Gasteiger partial charge on any atom is -0.480 e. The topological polar surface area (TPSA) is 91.8 Å². The lowest BCUT2D eigenvalue weighted by atomic mass is 10.3. The smallest absolute Gasteiger partial charge is 0.323 e. The molecule has 0 radical (unpaired) electrons. The number of aliphatic carboxylic acids is 1. The first-order valence-corrected chi connectivity index (χ1v) is 8.34. The van der Waals surface area contributed by atoms with E-state index in [2.05, 4.69) is 0 Å². The maximum Gasteiger partial charge on any atom is 0.323 e. The molecule has 1 N–H and O–H groups in total. The van der Waals surface area contributed by atoms with Crippen LogP contribution in [0.15, 0.2) is 0 Å². The van der Waals surface area contributed by atoms with Crippen LogP contribution < -0.4 is 0 Å². The van der Waals surface area contributed by atoms with Crippen LogP contribution in [0.5, 0.6) is 0 Å². The Balaban J connectivity index is 4.48. The first kappa shape index (κ1) is 17.9. The summed E-state index contributed by atoms with van der Waals surface area (Å²) in [6, 6.07) is 0. The van der Waals surface area contributed by atoms with Crippen molar-refractivity contribution in [3.8, 4) is 0 Å². The molecule has 1 amide bonds. The van der Waals surface area contributed by atoms with Gasteiger partial charge in [0.1, 0.15) is 12.3 Å². The summed E-state index contributed by atoms with van der Waals surface area (Å²) >= 11 is 0. The minimum absolute atomic E-state index is 0.0143. The van der Waals surface area contributed by atoms with Gasteiger partial charge in [-0.25, -0.2) is 8.42 Å². The molecular weight excluding hydrogens is 270 g/mol. The fourth-order valence-electron chi connectivity index (χ4n) is 1.65. The average molecular weight is 293 g/mol. The Morgan fingerprint density at radius 2 is 1.74 bits per heavy atom. The second-order valence-corrected chi connectivity index (χ2v) is 6.69. The minimum atomic E-state index is -3.44. The molecule has 7 heteroatoms.